The highest BCUT2D eigenvalue weighted by atomic mass is 27.2. The van der Waals surface area contributed by atoms with Crippen molar-refractivity contribution in [1.82, 2.24) is 0 Å². The Labute approximate surface area is 119 Å². The van der Waals surface area contributed by atoms with Crippen LogP contribution < -0.4 is 0 Å². The third-order valence-corrected chi connectivity index (χ3v) is 9.77. The SMILES string of the molecule is C1CCCC[CH]([Al]2[CH2]CCCCCC[CH2]2)CCC1. The largest absolute Gasteiger partial charge is 0.265 e. The third-order valence-electron chi connectivity index (χ3n) is 5.47. The molecule has 1 saturated carbocycles. The molecule has 0 unspecified atom stereocenters. The molecule has 0 atom stereocenters. The van der Waals surface area contributed by atoms with Crippen LogP contribution in [0.5, 0.6) is 0 Å². The van der Waals surface area contributed by atoms with Gasteiger partial charge in [0, 0.05) is 0 Å². The Kier molecular flexibility index (Phi) is 7.83. The summed E-state index contributed by atoms with van der Waals surface area (Å²) in [6.45, 7) is 0. The fourth-order valence-electron chi connectivity index (χ4n) is 4.27. The molecular weight excluding hydrogens is 231 g/mol. The molecule has 1 aliphatic carbocycles. The molecule has 0 radical (unpaired) electrons. The lowest BCUT2D eigenvalue weighted by atomic mass is 10.1. The van der Waals surface area contributed by atoms with Crippen molar-refractivity contribution in [2.75, 3.05) is 0 Å². The van der Waals surface area contributed by atoms with Gasteiger partial charge in [-0.3, -0.25) is 0 Å². The van der Waals surface area contributed by atoms with Gasteiger partial charge in [-0.05, 0) is 0 Å². The molecule has 2 rings (SSSR count). The van der Waals surface area contributed by atoms with Gasteiger partial charge in [-0.2, -0.15) is 0 Å². The highest BCUT2D eigenvalue weighted by Gasteiger charge is 2.27. The molecule has 0 bridgehead atoms. The predicted molar refractivity (Wildman–Crippen MR) is 83.8 cm³/mol. The molecule has 1 saturated heterocycles. The first kappa shape index (κ1) is 14.9. The Morgan fingerprint density at radius 2 is 0.833 bits per heavy atom. The molecule has 0 spiro atoms. The van der Waals surface area contributed by atoms with E-state index in [1.807, 2.05) is 0 Å². The lowest BCUT2D eigenvalue weighted by molar-refractivity contribution is 0.604. The normalized spacial score (nSPS) is 26.3. The summed E-state index contributed by atoms with van der Waals surface area (Å²) in [5, 5.41) is 3.40. The van der Waals surface area contributed by atoms with Crippen LogP contribution in [0.2, 0.25) is 15.3 Å². The minimum atomic E-state index is -0.379. The molecule has 0 aromatic rings. The number of hydrogen-bond donors (Lipinski definition) is 0. The molecule has 1 heteroatoms. The van der Waals surface area contributed by atoms with E-state index in [9.17, 15) is 0 Å². The van der Waals surface area contributed by atoms with E-state index in [-0.39, 0.29) is 14.1 Å². The Morgan fingerprint density at radius 1 is 0.444 bits per heavy atom. The summed E-state index contributed by atoms with van der Waals surface area (Å²) >= 11 is -0.379. The van der Waals surface area contributed by atoms with E-state index in [1.54, 1.807) is 61.9 Å². The highest BCUT2D eigenvalue weighted by Crippen LogP contribution is 2.34. The third kappa shape index (κ3) is 5.67. The first-order chi connectivity index (χ1) is 8.97. The molecular formula is C17H33Al. The first-order valence-corrected chi connectivity index (χ1v) is 11.3. The van der Waals surface area contributed by atoms with Gasteiger partial charge < -0.3 is 0 Å². The van der Waals surface area contributed by atoms with Gasteiger partial charge in [0.15, 0.2) is 0 Å². The van der Waals surface area contributed by atoms with Crippen LogP contribution in [-0.4, -0.2) is 14.1 Å². The molecule has 1 aliphatic heterocycles. The smallest absolute Gasteiger partial charge is 0.0937 e. The van der Waals surface area contributed by atoms with Crippen LogP contribution in [-0.2, 0) is 0 Å². The van der Waals surface area contributed by atoms with Crippen LogP contribution in [0.25, 0.3) is 0 Å². The van der Waals surface area contributed by atoms with Crippen molar-refractivity contribution in [3.8, 4) is 0 Å². The molecule has 1 heterocycles. The summed E-state index contributed by atoms with van der Waals surface area (Å²) in [4.78, 5) is 0. The minimum absolute atomic E-state index is 0.379. The van der Waals surface area contributed by atoms with E-state index in [2.05, 4.69) is 0 Å². The highest BCUT2D eigenvalue weighted by molar-refractivity contribution is 6.60. The Hall–Kier alpha value is 0.532. The fourth-order valence-corrected chi connectivity index (χ4v) is 8.54. The van der Waals surface area contributed by atoms with Gasteiger partial charge in [0.2, 0.25) is 0 Å². The molecule has 18 heavy (non-hydrogen) atoms. The summed E-state index contributed by atoms with van der Waals surface area (Å²) in [7, 11) is 0. The van der Waals surface area contributed by atoms with E-state index in [0.29, 0.717) is 0 Å². The molecule has 0 N–H and O–H groups in total. The van der Waals surface area contributed by atoms with Crippen LogP contribution >= 0.6 is 0 Å². The molecule has 104 valence electrons. The van der Waals surface area contributed by atoms with Gasteiger partial charge in [-0.15, -0.1) is 0 Å². The average molecular weight is 264 g/mol. The second kappa shape index (κ2) is 9.44. The van der Waals surface area contributed by atoms with Crippen molar-refractivity contribution >= 4 is 14.1 Å². The van der Waals surface area contributed by atoms with Gasteiger partial charge in [0.25, 0.3) is 14.1 Å². The lowest BCUT2D eigenvalue weighted by Gasteiger charge is -2.22. The zero-order valence-electron chi connectivity index (χ0n) is 12.5. The lowest BCUT2D eigenvalue weighted by Crippen LogP contribution is -2.20. The second-order valence-corrected chi connectivity index (χ2v) is 10.5. The molecule has 2 aliphatic rings. The van der Waals surface area contributed by atoms with E-state index >= 15 is 0 Å². The number of rotatable bonds is 1. The predicted octanol–water partition coefficient (Wildman–Crippen LogP) is 6.34. The Balaban J connectivity index is 1.83. The monoisotopic (exact) mass is 264 g/mol. The summed E-state index contributed by atoms with van der Waals surface area (Å²) < 4.78 is 1.24. The van der Waals surface area contributed by atoms with Crippen molar-refractivity contribution in [2.24, 2.45) is 0 Å². The zero-order valence-corrected chi connectivity index (χ0v) is 13.6. The summed E-state index contributed by atoms with van der Waals surface area (Å²) in [6.07, 6.45) is 21.9. The topological polar surface area (TPSA) is 0 Å². The molecule has 2 fully saturated rings. The average Bonchev–Trinajstić information content (AvgIpc) is 2.61. The zero-order chi connectivity index (χ0) is 12.5. The first-order valence-electron chi connectivity index (χ1n) is 8.97. The van der Waals surface area contributed by atoms with Crippen LogP contribution in [0.3, 0.4) is 0 Å². The van der Waals surface area contributed by atoms with Gasteiger partial charge in [0.1, 0.15) is 0 Å². The van der Waals surface area contributed by atoms with Crippen molar-refractivity contribution < 1.29 is 0 Å². The maximum absolute atomic E-state index is 1.70. The van der Waals surface area contributed by atoms with Crippen molar-refractivity contribution in [1.29, 1.82) is 0 Å². The van der Waals surface area contributed by atoms with E-state index in [1.165, 1.54) is 43.3 Å². The molecule has 0 nitrogen and oxygen atoms in total. The van der Waals surface area contributed by atoms with Gasteiger partial charge in [-0.1, -0.05) is 105 Å². The maximum Gasteiger partial charge on any atom is 0.265 e. The van der Waals surface area contributed by atoms with Crippen molar-refractivity contribution in [2.45, 2.75) is 105 Å². The summed E-state index contributed by atoms with van der Waals surface area (Å²) in [5.41, 5.74) is 0. The van der Waals surface area contributed by atoms with Gasteiger partial charge in [-0.25, -0.2) is 0 Å². The van der Waals surface area contributed by atoms with E-state index in [0.717, 1.165) is 0 Å². The molecule has 0 amide bonds. The summed E-state index contributed by atoms with van der Waals surface area (Å²) in [6, 6.07) is 0. The van der Waals surface area contributed by atoms with E-state index in [4.69, 9.17) is 0 Å². The quantitative estimate of drug-likeness (QED) is 0.485. The van der Waals surface area contributed by atoms with Gasteiger partial charge >= 0.3 is 0 Å². The van der Waals surface area contributed by atoms with E-state index < -0.39 is 0 Å². The summed E-state index contributed by atoms with van der Waals surface area (Å²) in [5.74, 6) is 0. The fraction of sp³-hybridized carbons (Fsp3) is 1.00. The maximum atomic E-state index is 1.70. The van der Waals surface area contributed by atoms with Crippen LogP contribution in [0.15, 0.2) is 0 Å². The molecule has 0 aromatic heterocycles. The van der Waals surface area contributed by atoms with Crippen LogP contribution in [0, 0.1) is 0 Å². The minimum Gasteiger partial charge on any atom is -0.0937 e. The van der Waals surface area contributed by atoms with Crippen LogP contribution in [0.1, 0.15) is 89.9 Å². The Morgan fingerprint density at radius 3 is 1.33 bits per heavy atom. The second-order valence-electron chi connectivity index (χ2n) is 6.92. The van der Waals surface area contributed by atoms with Crippen LogP contribution in [0.4, 0.5) is 0 Å². The Bertz CT molecular complexity index is 160. The molecule has 0 aromatic carbocycles. The van der Waals surface area contributed by atoms with Crippen molar-refractivity contribution in [3.05, 3.63) is 0 Å². The number of hydrogen-bond acceptors (Lipinski definition) is 0. The van der Waals surface area contributed by atoms with Crippen molar-refractivity contribution in [3.63, 3.8) is 0 Å². The van der Waals surface area contributed by atoms with Gasteiger partial charge in [0.05, 0.1) is 0 Å². The standard InChI is InChI=1S/C9H17.C8H16.Al/c1-2-4-6-8-9-7-5-3-1;1-3-5-7-8-6-4-2;/h1H,2-9H2;1-8H2;.